The van der Waals surface area contributed by atoms with E-state index >= 15 is 0 Å². The van der Waals surface area contributed by atoms with Crippen LogP contribution in [0.1, 0.15) is 25.3 Å². The number of benzene rings is 1. The minimum absolute atomic E-state index is 0.182. The summed E-state index contributed by atoms with van der Waals surface area (Å²) in [5.74, 6) is 0. The Balaban J connectivity index is 1.71. The molecule has 6 heteroatoms. The van der Waals surface area contributed by atoms with Gasteiger partial charge >= 0.3 is 0 Å². The first-order valence-electron chi connectivity index (χ1n) is 7.78. The van der Waals surface area contributed by atoms with Crippen molar-refractivity contribution in [1.82, 2.24) is 4.31 Å². The maximum atomic E-state index is 12.7. The van der Waals surface area contributed by atoms with Crippen molar-refractivity contribution in [3.8, 4) is 0 Å². The summed E-state index contributed by atoms with van der Waals surface area (Å²) in [7, 11) is -3.43. The minimum atomic E-state index is -3.43. The van der Waals surface area contributed by atoms with Gasteiger partial charge in [-0.3, -0.25) is 0 Å². The van der Waals surface area contributed by atoms with Crippen LogP contribution in [0.3, 0.4) is 0 Å². The summed E-state index contributed by atoms with van der Waals surface area (Å²) in [6.45, 7) is 5.98. The van der Waals surface area contributed by atoms with Gasteiger partial charge in [-0.2, -0.15) is 4.31 Å². The maximum Gasteiger partial charge on any atom is 0.243 e. The molecule has 1 aromatic carbocycles. The highest BCUT2D eigenvalue weighted by Gasteiger charge is 2.52. The van der Waals surface area contributed by atoms with Crippen LogP contribution in [0.2, 0.25) is 0 Å². The molecular formula is C16H23NO4S. The number of nitrogens with zero attached hydrogens (tertiary/aromatic N) is 1. The highest BCUT2D eigenvalue weighted by molar-refractivity contribution is 7.89. The molecule has 1 atom stereocenters. The van der Waals surface area contributed by atoms with Gasteiger partial charge in [0.1, 0.15) is 0 Å². The fourth-order valence-electron chi connectivity index (χ4n) is 3.33. The summed E-state index contributed by atoms with van der Waals surface area (Å²) in [6, 6.07) is 7.10. The van der Waals surface area contributed by atoms with Crippen LogP contribution in [-0.4, -0.2) is 50.7 Å². The lowest BCUT2D eigenvalue weighted by atomic mass is 9.86. The Morgan fingerprint density at radius 2 is 2.09 bits per heavy atom. The third-order valence-corrected chi connectivity index (χ3v) is 6.44. The largest absolute Gasteiger partial charge is 0.378 e. The number of aryl methyl sites for hydroxylation is 1. The number of sulfonamides is 1. The summed E-state index contributed by atoms with van der Waals surface area (Å²) in [4.78, 5) is 0.391. The van der Waals surface area contributed by atoms with Crippen molar-refractivity contribution >= 4 is 10.0 Å². The molecule has 0 saturated carbocycles. The summed E-state index contributed by atoms with van der Waals surface area (Å²) in [5, 5.41) is 0. The van der Waals surface area contributed by atoms with Crippen LogP contribution in [0.4, 0.5) is 0 Å². The molecule has 0 bridgehead atoms. The topological polar surface area (TPSA) is 55.8 Å². The van der Waals surface area contributed by atoms with Crippen LogP contribution >= 0.6 is 0 Å². The fraction of sp³-hybridized carbons (Fsp3) is 0.625. The van der Waals surface area contributed by atoms with Crippen LogP contribution in [0, 0.1) is 6.92 Å². The number of hydrogen-bond donors (Lipinski definition) is 0. The highest BCUT2D eigenvalue weighted by atomic mass is 32.2. The fourth-order valence-corrected chi connectivity index (χ4v) is 5.15. The molecule has 0 aliphatic carbocycles. The normalized spacial score (nSPS) is 25.1. The van der Waals surface area contributed by atoms with Crippen molar-refractivity contribution in [2.75, 3.05) is 26.3 Å². The lowest BCUT2D eigenvalue weighted by molar-refractivity contribution is -0.177. The molecule has 122 valence electrons. The Bertz CT molecular complexity index is 635. The first-order chi connectivity index (χ1) is 10.5. The van der Waals surface area contributed by atoms with E-state index in [1.807, 2.05) is 26.0 Å². The van der Waals surface area contributed by atoms with Crippen LogP contribution in [0.15, 0.2) is 29.2 Å². The van der Waals surface area contributed by atoms with Crippen LogP contribution in [0.5, 0.6) is 0 Å². The smallest absolute Gasteiger partial charge is 0.243 e. The van der Waals surface area contributed by atoms with E-state index in [0.29, 0.717) is 31.2 Å². The molecular weight excluding hydrogens is 302 g/mol. The van der Waals surface area contributed by atoms with Gasteiger partial charge in [-0.25, -0.2) is 8.42 Å². The lowest BCUT2D eigenvalue weighted by Crippen LogP contribution is -2.67. The third-order valence-electron chi connectivity index (χ3n) is 4.49. The van der Waals surface area contributed by atoms with Gasteiger partial charge in [-0.1, -0.05) is 18.2 Å². The molecule has 0 N–H and O–H groups in total. The monoisotopic (exact) mass is 325 g/mol. The Morgan fingerprint density at radius 3 is 2.77 bits per heavy atom. The summed E-state index contributed by atoms with van der Waals surface area (Å²) >= 11 is 0. The maximum absolute atomic E-state index is 12.7. The second kappa shape index (κ2) is 5.92. The Labute approximate surface area is 132 Å². The van der Waals surface area contributed by atoms with Gasteiger partial charge in [0.25, 0.3) is 0 Å². The third kappa shape index (κ3) is 2.80. The average molecular weight is 325 g/mol. The first-order valence-corrected chi connectivity index (χ1v) is 9.22. The molecule has 0 amide bonds. The molecule has 0 unspecified atom stereocenters. The summed E-state index contributed by atoms with van der Waals surface area (Å²) in [5.41, 5.74) is 0.425. The summed E-state index contributed by atoms with van der Waals surface area (Å²) in [6.07, 6.45) is 1.85. The quantitative estimate of drug-likeness (QED) is 0.849. The van der Waals surface area contributed by atoms with Crippen molar-refractivity contribution in [2.24, 2.45) is 0 Å². The molecule has 1 aromatic rings. The standard InChI is InChI=1S/C16H23NO4S/c1-3-20-14-8-9-21-16(10-14)11-17(12-16)22(18,19)15-7-5-4-6-13(15)2/h4-7,14H,3,8-12H2,1-2H3/t14-/m0/s1. The minimum Gasteiger partial charge on any atom is -0.378 e. The van der Waals surface area contributed by atoms with Gasteiger partial charge in [-0.05, 0) is 31.9 Å². The van der Waals surface area contributed by atoms with E-state index in [1.165, 1.54) is 4.31 Å². The molecule has 3 rings (SSSR count). The summed E-state index contributed by atoms with van der Waals surface area (Å²) < 4.78 is 38.5. The number of hydrogen-bond acceptors (Lipinski definition) is 4. The molecule has 2 saturated heterocycles. The molecule has 1 spiro atoms. The van der Waals surface area contributed by atoms with Crippen molar-refractivity contribution in [1.29, 1.82) is 0 Å². The van der Waals surface area contributed by atoms with E-state index in [0.717, 1.165) is 18.4 Å². The van der Waals surface area contributed by atoms with Gasteiger partial charge in [0.2, 0.25) is 10.0 Å². The van der Waals surface area contributed by atoms with E-state index in [9.17, 15) is 8.42 Å². The van der Waals surface area contributed by atoms with Crippen molar-refractivity contribution in [3.05, 3.63) is 29.8 Å². The van der Waals surface area contributed by atoms with Crippen LogP contribution in [-0.2, 0) is 19.5 Å². The van der Waals surface area contributed by atoms with Crippen LogP contribution in [0.25, 0.3) is 0 Å². The van der Waals surface area contributed by atoms with Crippen molar-refractivity contribution < 1.29 is 17.9 Å². The zero-order chi connectivity index (χ0) is 15.8. The molecule has 0 aromatic heterocycles. The lowest BCUT2D eigenvalue weighted by Gasteiger charge is -2.52. The van der Waals surface area contributed by atoms with E-state index in [4.69, 9.17) is 9.47 Å². The molecule has 22 heavy (non-hydrogen) atoms. The Morgan fingerprint density at radius 1 is 1.36 bits per heavy atom. The molecule has 0 radical (unpaired) electrons. The number of rotatable bonds is 4. The average Bonchev–Trinajstić information content (AvgIpc) is 2.45. The molecule has 2 fully saturated rings. The van der Waals surface area contributed by atoms with Gasteiger partial charge in [0.15, 0.2) is 0 Å². The zero-order valence-electron chi connectivity index (χ0n) is 13.1. The predicted octanol–water partition coefficient (Wildman–Crippen LogP) is 1.95. The zero-order valence-corrected chi connectivity index (χ0v) is 13.9. The molecule has 2 aliphatic rings. The second-order valence-electron chi connectivity index (χ2n) is 6.14. The Hall–Kier alpha value is -0.950. The van der Waals surface area contributed by atoms with Crippen molar-refractivity contribution in [2.45, 2.75) is 43.3 Å². The number of ether oxygens (including phenoxy) is 2. The van der Waals surface area contributed by atoms with Crippen molar-refractivity contribution in [3.63, 3.8) is 0 Å². The first kappa shape index (κ1) is 15.9. The molecule has 2 aliphatic heterocycles. The molecule has 5 nitrogen and oxygen atoms in total. The molecule has 2 heterocycles. The van der Waals surface area contributed by atoms with Gasteiger partial charge in [-0.15, -0.1) is 0 Å². The van der Waals surface area contributed by atoms with E-state index < -0.39 is 10.0 Å². The van der Waals surface area contributed by atoms with Gasteiger partial charge < -0.3 is 9.47 Å². The predicted molar refractivity (Wildman–Crippen MR) is 83.3 cm³/mol. The van der Waals surface area contributed by atoms with E-state index in [-0.39, 0.29) is 11.7 Å². The SMILES string of the molecule is CCO[C@H]1CCOC2(C1)CN(S(=O)(=O)c1ccccc1C)C2. The van der Waals surface area contributed by atoms with Gasteiger partial charge in [0, 0.05) is 32.7 Å². The van der Waals surface area contributed by atoms with E-state index in [1.54, 1.807) is 12.1 Å². The van der Waals surface area contributed by atoms with Crippen LogP contribution < -0.4 is 0 Å². The highest BCUT2D eigenvalue weighted by Crippen LogP contribution is 2.38. The van der Waals surface area contributed by atoms with E-state index in [2.05, 4.69) is 0 Å². The second-order valence-corrected chi connectivity index (χ2v) is 8.05. The van der Waals surface area contributed by atoms with Gasteiger partial charge in [0.05, 0.1) is 16.6 Å². The Kier molecular flexibility index (Phi) is 4.29.